The van der Waals surface area contributed by atoms with E-state index in [-0.39, 0.29) is 42.3 Å². The summed E-state index contributed by atoms with van der Waals surface area (Å²) in [5, 5.41) is 3.70. The van der Waals surface area contributed by atoms with Crippen molar-refractivity contribution in [2.24, 2.45) is 0 Å². The van der Waals surface area contributed by atoms with Crippen molar-refractivity contribution in [3.8, 4) is 0 Å². The van der Waals surface area contributed by atoms with Crippen LogP contribution in [0.2, 0.25) is 5.02 Å². The summed E-state index contributed by atoms with van der Waals surface area (Å²) in [5.74, 6) is -0.338. The molecule has 0 radical (unpaired) electrons. The van der Waals surface area contributed by atoms with Crippen LogP contribution in [0.1, 0.15) is 63.9 Å². The van der Waals surface area contributed by atoms with Crippen molar-refractivity contribution >= 4 is 33.4 Å². The number of benzene rings is 2. The normalized spacial score (nSPS) is 15.4. The number of carbonyl (C=O) groups excluding carboxylic acids is 2. The molecular weight excluding hydrogens is 510 g/mol. The summed E-state index contributed by atoms with van der Waals surface area (Å²) >= 11 is 6.40. The zero-order chi connectivity index (χ0) is 26.8. The Hall–Kier alpha value is -2.42. The second kappa shape index (κ2) is 13.9. The average Bonchev–Trinajstić information content (AvgIpc) is 2.90. The van der Waals surface area contributed by atoms with E-state index in [1.165, 1.54) is 17.8 Å². The Morgan fingerprint density at radius 3 is 2.32 bits per heavy atom. The van der Waals surface area contributed by atoms with E-state index in [1.807, 2.05) is 25.1 Å². The van der Waals surface area contributed by atoms with Gasteiger partial charge in [0.2, 0.25) is 21.8 Å². The van der Waals surface area contributed by atoms with Crippen LogP contribution in [0.4, 0.5) is 0 Å². The lowest BCUT2D eigenvalue weighted by atomic mass is 9.95. The molecule has 3 rings (SSSR count). The number of carbonyl (C=O) groups is 2. The highest BCUT2D eigenvalue weighted by Gasteiger charge is 2.31. The van der Waals surface area contributed by atoms with Crippen molar-refractivity contribution in [3.05, 3.63) is 65.2 Å². The van der Waals surface area contributed by atoms with Crippen molar-refractivity contribution in [1.29, 1.82) is 0 Å². The minimum atomic E-state index is -3.64. The lowest BCUT2D eigenvalue weighted by Gasteiger charge is -2.33. The van der Waals surface area contributed by atoms with Gasteiger partial charge in [-0.1, -0.05) is 74.2 Å². The Bertz CT molecular complexity index is 1140. The van der Waals surface area contributed by atoms with Gasteiger partial charge in [0.15, 0.2) is 0 Å². The Balaban J connectivity index is 1.70. The highest BCUT2D eigenvalue weighted by atomic mass is 35.5. The molecule has 0 unspecified atom stereocenters. The average molecular weight is 548 g/mol. The number of amides is 2. The van der Waals surface area contributed by atoms with Gasteiger partial charge in [-0.15, -0.1) is 0 Å². The molecule has 0 bridgehead atoms. The van der Waals surface area contributed by atoms with Gasteiger partial charge in [0, 0.05) is 37.6 Å². The van der Waals surface area contributed by atoms with E-state index in [0.29, 0.717) is 17.9 Å². The molecule has 37 heavy (non-hydrogen) atoms. The van der Waals surface area contributed by atoms with Crippen LogP contribution in [0.5, 0.6) is 0 Å². The van der Waals surface area contributed by atoms with Crippen LogP contribution in [0.25, 0.3) is 0 Å². The predicted octanol–water partition coefficient (Wildman–Crippen LogP) is 5.00. The predicted molar refractivity (Wildman–Crippen MR) is 147 cm³/mol. The van der Waals surface area contributed by atoms with E-state index in [0.717, 1.165) is 31.2 Å². The summed E-state index contributed by atoms with van der Waals surface area (Å²) in [4.78, 5) is 28.6. The standard InChI is InChI=1S/C28H38ClN3O4S/c1-3-26(28(34)30-23-14-6-4-7-15-23)32(21-22-13-10-11-18-25(22)29)27(33)19-12-20-31(2)37(35,36)24-16-8-5-9-17-24/h5,8-11,13,16-18,23,26H,3-4,6-7,12,14-15,19-21H2,1-2H3,(H,30,34)/t26-/m0/s1. The van der Waals surface area contributed by atoms with Crippen LogP contribution >= 0.6 is 11.6 Å². The molecule has 1 saturated carbocycles. The zero-order valence-corrected chi connectivity index (χ0v) is 23.3. The fraction of sp³-hybridized carbons (Fsp3) is 0.500. The number of hydrogen-bond donors (Lipinski definition) is 1. The molecule has 7 nitrogen and oxygen atoms in total. The third-order valence-corrected chi connectivity index (χ3v) is 9.19. The maximum Gasteiger partial charge on any atom is 0.243 e. The van der Waals surface area contributed by atoms with Gasteiger partial charge in [0.25, 0.3) is 0 Å². The zero-order valence-electron chi connectivity index (χ0n) is 21.7. The van der Waals surface area contributed by atoms with Gasteiger partial charge in [0.05, 0.1) is 4.90 Å². The van der Waals surface area contributed by atoms with Crippen LogP contribution < -0.4 is 5.32 Å². The molecule has 202 valence electrons. The number of nitrogens with one attached hydrogen (secondary N) is 1. The molecule has 0 heterocycles. The monoisotopic (exact) mass is 547 g/mol. The summed E-state index contributed by atoms with van der Waals surface area (Å²) in [6.45, 7) is 2.30. The molecule has 1 aliphatic carbocycles. The van der Waals surface area contributed by atoms with Crippen LogP contribution in [0, 0.1) is 0 Å². The van der Waals surface area contributed by atoms with E-state index in [4.69, 9.17) is 11.6 Å². The largest absolute Gasteiger partial charge is 0.352 e. The Kier molecular flexibility index (Phi) is 11.0. The maximum atomic E-state index is 13.5. The van der Waals surface area contributed by atoms with E-state index < -0.39 is 16.1 Å². The van der Waals surface area contributed by atoms with E-state index in [1.54, 1.807) is 41.3 Å². The molecule has 0 saturated heterocycles. The lowest BCUT2D eigenvalue weighted by molar-refractivity contribution is -0.141. The summed E-state index contributed by atoms with van der Waals surface area (Å²) in [7, 11) is -2.12. The summed E-state index contributed by atoms with van der Waals surface area (Å²) in [6.07, 6.45) is 6.23. The van der Waals surface area contributed by atoms with Gasteiger partial charge in [-0.25, -0.2) is 12.7 Å². The molecular formula is C28H38ClN3O4S. The highest BCUT2D eigenvalue weighted by molar-refractivity contribution is 7.89. The van der Waals surface area contributed by atoms with E-state index in [9.17, 15) is 18.0 Å². The van der Waals surface area contributed by atoms with Crippen molar-refractivity contribution in [2.75, 3.05) is 13.6 Å². The topological polar surface area (TPSA) is 86.8 Å². The Morgan fingerprint density at radius 2 is 1.68 bits per heavy atom. The summed E-state index contributed by atoms with van der Waals surface area (Å²) < 4.78 is 26.9. The molecule has 1 atom stereocenters. The van der Waals surface area contributed by atoms with Crippen molar-refractivity contribution < 1.29 is 18.0 Å². The fourth-order valence-electron chi connectivity index (χ4n) is 4.76. The molecule has 0 aliphatic heterocycles. The van der Waals surface area contributed by atoms with Gasteiger partial charge in [-0.2, -0.15) is 0 Å². The SMILES string of the molecule is CC[C@@H](C(=O)NC1CCCCC1)N(Cc1ccccc1Cl)C(=O)CCCN(C)S(=O)(=O)c1ccccc1. The third kappa shape index (κ3) is 8.03. The smallest absolute Gasteiger partial charge is 0.243 e. The van der Waals surface area contributed by atoms with Crippen LogP contribution in [-0.2, 0) is 26.2 Å². The molecule has 1 aliphatic rings. The van der Waals surface area contributed by atoms with Gasteiger partial charge < -0.3 is 10.2 Å². The molecule has 2 aromatic carbocycles. The fourth-order valence-corrected chi connectivity index (χ4v) is 6.19. The van der Waals surface area contributed by atoms with Crippen LogP contribution in [0.3, 0.4) is 0 Å². The van der Waals surface area contributed by atoms with Crippen molar-refractivity contribution in [2.45, 2.75) is 81.8 Å². The minimum absolute atomic E-state index is 0.117. The second-order valence-electron chi connectivity index (χ2n) is 9.62. The van der Waals surface area contributed by atoms with E-state index >= 15 is 0 Å². The summed E-state index contributed by atoms with van der Waals surface area (Å²) in [5.41, 5.74) is 0.769. The quantitative estimate of drug-likeness (QED) is 0.405. The van der Waals surface area contributed by atoms with Crippen molar-refractivity contribution in [1.82, 2.24) is 14.5 Å². The minimum Gasteiger partial charge on any atom is -0.352 e. The number of halogens is 1. The molecule has 9 heteroatoms. The molecule has 2 aromatic rings. The molecule has 0 aromatic heterocycles. The highest BCUT2D eigenvalue weighted by Crippen LogP contribution is 2.22. The van der Waals surface area contributed by atoms with Gasteiger partial charge in [-0.05, 0) is 49.4 Å². The molecule has 1 N–H and O–H groups in total. The summed E-state index contributed by atoms with van der Waals surface area (Å²) in [6, 6.07) is 15.1. The maximum absolute atomic E-state index is 13.5. The Labute approximate surface area is 226 Å². The third-order valence-electron chi connectivity index (χ3n) is 6.95. The molecule has 2 amide bonds. The lowest BCUT2D eigenvalue weighted by Crippen LogP contribution is -2.51. The van der Waals surface area contributed by atoms with Gasteiger partial charge >= 0.3 is 0 Å². The van der Waals surface area contributed by atoms with Crippen LogP contribution in [-0.4, -0.2) is 55.1 Å². The van der Waals surface area contributed by atoms with Crippen molar-refractivity contribution in [3.63, 3.8) is 0 Å². The first kappa shape index (κ1) is 29.1. The van der Waals surface area contributed by atoms with Gasteiger partial charge in [0.1, 0.15) is 6.04 Å². The Morgan fingerprint density at radius 1 is 1.03 bits per heavy atom. The number of hydrogen-bond acceptors (Lipinski definition) is 4. The second-order valence-corrected chi connectivity index (χ2v) is 12.1. The molecule has 1 fully saturated rings. The number of sulfonamides is 1. The number of rotatable bonds is 12. The van der Waals surface area contributed by atoms with E-state index in [2.05, 4.69) is 5.32 Å². The first-order chi connectivity index (χ1) is 17.7. The molecule has 0 spiro atoms. The van der Waals surface area contributed by atoms with Crippen LogP contribution in [0.15, 0.2) is 59.5 Å². The van der Waals surface area contributed by atoms with Gasteiger partial charge in [-0.3, -0.25) is 9.59 Å². The first-order valence-corrected chi connectivity index (χ1v) is 14.9. The first-order valence-electron chi connectivity index (χ1n) is 13.1. The number of nitrogens with zero attached hydrogens (tertiary/aromatic N) is 2.